The first-order chi connectivity index (χ1) is 8.71. The van der Waals surface area contributed by atoms with Crippen LogP contribution in [0.25, 0.3) is 0 Å². The van der Waals surface area contributed by atoms with Crippen LogP contribution in [0.3, 0.4) is 0 Å². The highest BCUT2D eigenvalue weighted by Gasteiger charge is 2.34. The number of nitrogens with two attached hydrogens (primary N) is 1. The van der Waals surface area contributed by atoms with Crippen molar-refractivity contribution in [1.29, 1.82) is 0 Å². The van der Waals surface area contributed by atoms with Gasteiger partial charge in [-0.25, -0.2) is 0 Å². The van der Waals surface area contributed by atoms with E-state index in [9.17, 15) is 0 Å². The SMILES string of the molecule is CC(C)N1C(N)=NCC1c1cn(C)nc1C(C)(C)C. The molecule has 1 atom stereocenters. The Morgan fingerprint density at radius 1 is 1.37 bits per heavy atom. The lowest BCUT2D eigenvalue weighted by atomic mass is 9.87. The Labute approximate surface area is 115 Å². The second kappa shape index (κ2) is 4.54. The van der Waals surface area contributed by atoms with Crippen LogP contribution < -0.4 is 5.73 Å². The highest BCUT2D eigenvalue weighted by atomic mass is 15.3. The number of hydrogen-bond donors (Lipinski definition) is 1. The van der Waals surface area contributed by atoms with Crippen LogP contribution >= 0.6 is 0 Å². The Kier molecular flexibility index (Phi) is 3.32. The summed E-state index contributed by atoms with van der Waals surface area (Å²) in [5, 5.41) is 4.64. The van der Waals surface area contributed by atoms with Crippen LogP contribution in [0, 0.1) is 0 Å². The molecule has 0 saturated heterocycles. The van der Waals surface area contributed by atoms with Crippen molar-refractivity contribution in [3.63, 3.8) is 0 Å². The molecule has 0 amide bonds. The fourth-order valence-corrected chi connectivity index (χ4v) is 2.72. The number of aryl methyl sites for hydroxylation is 1. The van der Waals surface area contributed by atoms with Gasteiger partial charge in [-0.3, -0.25) is 9.67 Å². The fourth-order valence-electron chi connectivity index (χ4n) is 2.72. The largest absolute Gasteiger partial charge is 0.370 e. The lowest BCUT2D eigenvalue weighted by molar-refractivity contribution is 0.287. The molecule has 0 spiro atoms. The van der Waals surface area contributed by atoms with Crippen LogP contribution in [0.1, 0.15) is 51.9 Å². The summed E-state index contributed by atoms with van der Waals surface area (Å²) in [5.74, 6) is 0.642. The Morgan fingerprint density at radius 2 is 2.00 bits per heavy atom. The first kappa shape index (κ1) is 13.9. The van der Waals surface area contributed by atoms with Gasteiger partial charge in [-0.05, 0) is 13.8 Å². The first-order valence-electron chi connectivity index (χ1n) is 6.84. The maximum Gasteiger partial charge on any atom is 0.192 e. The summed E-state index contributed by atoms with van der Waals surface area (Å²) in [6.45, 7) is 11.6. The second-order valence-corrected chi connectivity index (χ2v) is 6.57. The van der Waals surface area contributed by atoms with Gasteiger partial charge in [0.25, 0.3) is 0 Å². The Bertz CT molecular complexity index is 492. The van der Waals surface area contributed by atoms with E-state index in [0.717, 1.165) is 12.2 Å². The summed E-state index contributed by atoms with van der Waals surface area (Å²) in [5.41, 5.74) is 8.42. The Hall–Kier alpha value is -1.52. The standard InChI is InChI=1S/C14H25N5/c1-9(2)19-11(7-16-13(19)15)10-8-18(6)17-12(10)14(3,4)5/h8-9,11H,7H2,1-6H3,(H2,15,16). The molecule has 0 fully saturated rings. The molecular formula is C14H25N5. The monoisotopic (exact) mass is 263 g/mol. The van der Waals surface area contributed by atoms with Gasteiger partial charge in [-0.15, -0.1) is 0 Å². The van der Waals surface area contributed by atoms with E-state index < -0.39 is 0 Å². The number of guanidine groups is 1. The molecule has 0 radical (unpaired) electrons. The summed E-state index contributed by atoms with van der Waals surface area (Å²) < 4.78 is 1.89. The van der Waals surface area contributed by atoms with Crippen molar-refractivity contribution in [3.05, 3.63) is 17.5 Å². The van der Waals surface area contributed by atoms with E-state index in [0.29, 0.717) is 12.0 Å². The molecule has 5 heteroatoms. The third-order valence-corrected chi connectivity index (χ3v) is 3.51. The molecule has 5 nitrogen and oxygen atoms in total. The van der Waals surface area contributed by atoms with E-state index in [4.69, 9.17) is 5.73 Å². The lowest BCUT2D eigenvalue weighted by Crippen LogP contribution is -2.41. The zero-order valence-electron chi connectivity index (χ0n) is 12.8. The quantitative estimate of drug-likeness (QED) is 0.885. The summed E-state index contributed by atoms with van der Waals surface area (Å²) in [6, 6.07) is 0.548. The van der Waals surface area contributed by atoms with Gasteiger partial charge in [0, 0.05) is 30.3 Å². The van der Waals surface area contributed by atoms with E-state index in [2.05, 4.69) is 55.8 Å². The number of rotatable bonds is 2. The molecule has 2 rings (SSSR count). The Balaban J connectivity index is 2.43. The van der Waals surface area contributed by atoms with Gasteiger partial charge in [-0.1, -0.05) is 20.8 Å². The third kappa shape index (κ3) is 2.46. The van der Waals surface area contributed by atoms with Gasteiger partial charge < -0.3 is 10.6 Å². The minimum Gasteiger partial charge on any atom is -0.370 e. The van der Waals surface area contributed by atoms with Crippen molar-refractivity contribution in [2.24, 2.45) is 17.8 Å². The second-order valence-electron chi connectivity index (χ2n) is 6.57. The molecule has 106 valence electrons. The molecule has 1 aliphatic rings. The third-order valence-electron chi connectivity index (χ3n) is 3.51. The van der Waals surface area contributed by atoms with Crippen LogP contribution in [0.4, 0.5) is 0 Å². The zero-order chi connectivity index (χ0) is 14.4. The average Bonchev–Trinajstić information content (AvgIpc) is 2.80. The van der Waals surface area contributed by atoms with Crippen molar-refractivity contribution in [2.75, 3.05) is 6.54 Å². The minimum absolute atomic E-state index is 0.0244. The normalized spacial score (nSPS) is 20.3. The van der Waals surface area contributed by atoms with Gasteiger partial charge in [0.2, 0.25) is 0 Å². The topological polar surface area (TPSA) is 59.4 Å². The molecule has 1 aliphatic heterocycles. The minimum atomic E-state index is 0.0244. The van der Waals surface area contributed by atoms with Crippen LogP contribution in [0.5, 0.6) is 0 Å². The van der Waals surface area contributed by atoms with E-state index in [1.54, 1.807) is 0 Å². The molecule has 0 bridgehead atoms. The molecule has 2 heterocycles. The van der Waals surface area contributed by atoms with E-state index in [-0.39, 0.29) is 11.5 Å². The predicted molar refractivity (Wildman–Crippen MR) is 78.1 cm³/mol. The highest BCUT2D eigenvalue weighted by molar-refractivity contribution is 5.80. The first-order valence-corrected chi connectivity index (χ1v) is 6.84. The lowest BCUT2D eigenvalue weighted by Gasteiger charge is -2.31. The van der Waals surface area contributed by atoms with Crippen LogP contribution in [-0.2, 0) is 12.5 Å². The molecule has 0 aliphatic carbocycles. The molecule has 2 N–H and O–H groups in total. The maximum atomic E-state index is 6.02. The zero-order valence-corrected chi connectivity index (χ0v) is 12.8. The molecule has 19 heavy (non-hydrogen) atoms. The highest BCUT2D eigenvalue weighted by Crippen LogP contribution is 2.34. The van der Waals surface area contributed by atoms with Crippen molar-refractivity contribution < 1.29 is 0 Å². The molecule has 1 unspecified atom stereocenters. The number of aliphatic imine (C=N–C) groups is 1. The predicted octanol–water partition coefficient (Wildman–Crippen LogP) is 1.80. The van der Waals surface area contributed by atoms with E-state index >= 15 is 0 Å². The number of aromatic nitrogens is 2. The summed E-state index contributed by atoms with van der Waals surface area (Å²) in [4.78, 5) is 6.60. The summed E-state index contributed by atoms with van der Waals surface area (Å²) in [6.07, 6.45) is 2.11. The fraction of sp³-hybridized carbons (Fsp3) is 0.714. The van der Waals surface area contributed by atoms with Gasteiger partial charge in [0.15, 0.2) is 5.96 Å². The van der Waals surface area contributed by atoms with Gasteiger partial charge in [0.05, 0.1) is 18.3 Å². The van der Waals surface area contributed by atoms with Gasteiger partial charge in [-0.2, -0.15) is 5.10 Å². The number of hydrogen-bond acceptors (Lipinski definition) is 4. The Morgan fingerprint density at radius 3 is 2.53 bits per heavy atom. The molecule has 0 saturated carbocycles. The molecule has 1 aromatic rings. The van der Waals surface area contributed by atoms with Crippen molar-refractivity contribution in [1.82, 2.24) is 14.7 Å². The van der Waals surface area contributed by atoms with Crippen LogP contribution in [0.2, 0.25) is 0 Å². The summed E-state index contributed by atoms with van der Waals surface area (Å²) in [7, 11) is 1.97. The maximum absolute atomic E-state index is 6.02. The average molecular weight is 263 g/mol. The van der Waals surface area contributed by atoms with Crippen LogP contribution in [-0.4, -0.2) is 33.2 Å². The molecule has 0 aromatic carbocycles. The van der Waals surface area contributed by atoms with Crippen molar-refractivity contribution in [2.45, 2.75) is 52.1 Å². The summed E-state index contributed by atoms with van der Waals surface area (Å²) >= 11 is 0. The molecule has 1 aromatic heterocycles. The number of nitrogens with zero attached hydrogens (tertiary/aromatic N) is 4. The van der Waals surface area contributed by atoms with Gasteiger partial charge >= 0.3 is 0 Å². The van der Waals surface area contributed by atoms with Crippen LogP contribution in [0.15, 0.2) is 11.2 Å². The van der Waals surface area contributed by atoms with E-state index in [1.807, 2.05) is 11.7 Å². The molecular weight excluding hydrogens is 238 g/mol. The van der Waals surface area contributed by atoms with Gasteiger partial charge in [0.1, 0.15) is 0 Å². The van der Waals surface area contributed by atoms with Crippen molar-refractivity contribution >= 4 is 5.96 Å². The van der Waals surface area contributed by atoms with E-state index in [1.165, 1.54) is 5.56 Å². The van der Waals surface area contributed by atoms with Crippen molar-refractivity contribution in [3.8, 4) is 0 Å². The smallest absolute Gasteiger partial charge is 0.192 e.